The van der Waals surface area contributed by atoms with Gasteiger partial charge in [-0.2, -0.15) is 5.10 Å². The molecule has 0 bridgehead atoms. The van der Waals surface area contributed by atoms with Gasteiger partial charge in [-0.05, 0) is 43.7 Å². The maximum absolute atomic E-state index is 13.2. The van der Waals surface area contributed by atoms with Crippen LogP contribution in [0.15, 0.2) is 64.7 Å². The van der Waals surface area contributed by atoms with E-state index < -0.39 is 0 Å². The van der Waals surface area contributed by atoms with Gasteiger partial charge in [0.25, 0.3) is 5.56 Å². The second kappa shape index (κ2) is 7.70. The number of benzene rings is 2. The molecule has 8 heteroatoms. The quantitative estimate of drug-likeness (QED) is 0.496. The predicted molar refractivity (Wildman–Crippen MR) is 122 cm³/mol. The monoisotopic (exact) mass is 431 g/mol. The van der Waals surface area contributed by atoms with Crippen LogP contribution >= 0.6 is 11.8 Å². The molecule has 1 N–H and O–H groups in total. The molecule has 1 aliphatic rings. The number of fused-ring (bicyclic) bond motifs is 2. The summed E-state index contributed by atoms with van der Waals surface area (Å²) in [5, 5.41) is 8.41. The molecule has 2 aromatic carbocycles. The summed E-state index contributed by atoms with van der Waals surface area (Å²) in [5.41, 5.74) is 4.23. The van der Waals surface area contributed by atoms with E-state index in [1.165, 1.54) is 11.8 Å². The van der Waals surface area contributed by atoms with Crippen LogP contribution in [-0.2, 0) is 4.79 Å². The second-order valence-electron chi connectivity index (χ2n) is 7.79. The Kier molecular flexibility index (Phi) is 4.86. The molecule has 2 aromatic heterocycles. The number of hydrogen-bond donors (Lipinski definition) is 1. The predicted octanol–water partition coefficient (Wildman–Crippen LogP) is 3.87. The fraction of sp³-hybridized carbons (Fsp3) is 0.217. The molecule has 1 aliphatic heterocycles. The molecule has 1 amide bonds. The second-order valence-corrected chi connectivity index (χ2v) is 8.77. The highest BCUT2D eigenvalue weighted by Gasteiger charge is 2.29. The molecule has 0 saturated carbocycles. The number of thioether (sulfide) groups is 1. The van der Waals surface area contributed by atoms with E-state index in [9.17, 15) is 9.59 Å². The standard InChI is InChI=1S/C23H21N5O2S/c1-14-6-8-17(9-7-14)28-21-19(12-24-28)22(30)27-18(13-31-23(27)26-21)11-20(29)25-16-5-3-4-15(2)10-16/h3-10,12,18H,11,13H2,1-2H3,(H,25,29). The first-order chi connectivity index (χ1) is 15.0. The van der Waals surface area contributed by atoms with Crippen molar-refractivity contribution in [2.24, 2.45) is 0 Å². The molecular formula is C23H21N5O2S. The van der Waals surface area contributed by atoms with Crippen molar-refractivity contribution in [3.63, 3.8) is 0 Å². The van der Waals surface area contributed by atoms with Gasteiger partial charge in [-0.3, -0.25) is 14.2 Å². The van der Waals surface area contributed by atoms with Crippen molar-refractivity contribution < 1.29 is 4.79 Å². The number of amides is 1. The maximum Gasteiger partial charge on any atom is 0.265 e. The van der Waals surface area contributed by atoms with Crippen LogP contribution in [0.3, 0.4) is 0 Å². The minimum absolute atomic E-state index is 0.119. The highest BCUT2D eigenvalue weighted by Crippen LogP contribution is 2.33. The van der Waals surface area contributed by atoms with Gasteiger partial charge < -0.3 is 5.32 Å². The van der Waals surface area contributed by atoms with Crippen LogP contribution in [0, 0.1) is 13.8 Å². The van der Waals surface area contributed by atoms with Crippen LogP contribution < -0.4 is 10.9 Å². The van der Waals surface area contributed by atoms with Crippen LogP contribution in [-0.4, -0.2) is 31.0 Å². The minimum Gasteiger partial charge on any atom is -0.326 e. The van der Waals surface area contributed by atoms with Gasteiger partial charge >= 0.3 is 0 Å². The van der Waals surface area contributed by atoms with Gasteiger partial charge in [0, 0.05) is 17.9 Å². The van der Waals surface area contributed by atoms with Crippen LogP contribution in [0.2, 0.25) is 0 Å². The van der Waals surface area contributed by atoms with Crippen LogP contribution in [0.5, 0.6) is 0 Å². The first-order valence-electron chi connectivity index (χ1n) is 10.1. The Morgan fingerprint density at radius 2 is 1.97 bits per heavy atom. The van der Waals surface area contributed by atoms with Crippen molar-refractivity contribution >= 4 is 34.4 Å². The highest BCUT2D eigenvalue weighted by molar-refractivity contribution is 7.99. The number of anilines is 1. The Balaban J connectivity index is 1.44. The number of carbonyl (C=O) groups excluding carboxylic acids is 1. The molecule has 5 rings (SSSR count). The lowest BCUT2D eigenvalue weighted by Crippen LogP contribution is -2.27. The van der Waals surface area contributed by atoms with Crippen molar-refractivity contribution in [2.75, 3.05) is 11.1 Å². The SMILES string of the molecule is Cc1ccc(-n2ncc3c(=O)n4c(nc32)SCC4CC(=O)Nc2cccc(C)c2)cc1. The minimum atomic E-state index is -0.239. The molecule has 3 heterocycles. The normalized spacial score (nSPS) is 15.2. The van der Waals surface area contributed by atoms with E-state index in [0.717, 1.165) is 22.5 Å². The summed E-state index contributed by atoms with van der Waals surface area (Å²) in [6.45, 7) is 4.00. The Morgan fingerprint density at radius 1 is 1.16 bits per heavy atom. The van der Waals surface area contributed by atoms with E-state index in [1.807, 2.05) is 62.4 Å². The maximum atomic E-state index is 13.2. The lowest BCUT2D eigenvalue weighted by atomic mass is 10.2. The molecule has 1 atom stereocenters. The zero-order valence-corrected chi connectivity index (χ0v) is 18.0. The van der Waals surface area contributed by atoms with Crippen LogP contribution in [0.4, 0.5) is 5.69 Å². The topological polar surface area (TPSA) is 81.8 Å². The zero-order chi connectivity index (χ0) is 21.5. The van der Waals surface area contributed by atoms with E-state index in [2.05, 4.69) is 10.4 Å². The molecule has 0 spiro atoms. The first kappa shape index (κ1) is 19.6. The average molecular weight is 432 g/mol. The summed E-state index contributed by atoms with van der Waals surface area (Å²) < 4.78 is 3.33. The molecule has 1 unspecified atom stereocenters. The first-order valence-corrected chi connectivity index (χ1v) is 11.0. The summed E-state index contributed by atoms with van der Waals surface area (Å²) in [4.78, 5) is 30.6. The largest absolute Gasteiger partial charge is 0.326 e. The molecule has 0 saturated heterocycles. The molecule has 7 nitrogen and oxygen atoms in total. The molecule has 0 aliphatic carbocycles. The van der Waals surface area contributed by atoms with Crippen LogP contribution in [0.25, 0.3) is 16.7 Å². The summed E-state index contributed by atoms with van der Waals surface area (Å²) in [5.74, 6) is 0.514. The molecule has 4 aromatic rings. The number of carbonyl (C=O) groups is 1. The molecule has 0 radical (unpaired) electrons. The Labute approximate surface area is 183 Å². The Bertz CT molecular complexity index is 1360. The van der Waals surface area contributed by atoms with Crippen molar-refractivity contribution in [2.45, 2.75) is 31.5 Å². The molecular weight excluding hydrogens is 410 g/mol. The summed E-state index contributed by atoms with van der Waals surface area (Å²) >= 11 is 1.50. The fourth-order valence-electron chi connectivity index (χ4n) is 3.80. The molecule has 156 valence electrons. The van der Waals surface area contributed by atoms with Gasteiger partial charge in [-0.25, -0.2) is 9.67 Å². The van der Waals surface area contributed by atoms with Gasteiger partial charge in [0.15, 0.2) is 10.8 Å². The zero-order valence-electron chi connectivity index (χ0n) is 17.2. The number of aryl methyl sites for hydroxylation is 2. The third-order valence-corrected chi connectivity index (χ3v) is 6.47. The van der Waals surface area contributed by atoms with Gasteiger partial charge in [-0.1, -0.05) is 41.6 Å². The molecule has 31 heavy (non-hydrogen) atoms. The summed E-state index contributed by atoms with van der Waals surface area (Å²) in [7, 11) is 0. The lowest BCUT2D eigenvalue weighted by molar-refractivity contribution is -0.116. The number of nitrogens with zero attached hydrogens (tertiary/aromatic N) is 4. The van der Waals surface area contributed by atoms with E-state index in [-0.39, 0.29) is 23.9 Å². The van der Waals surface area contributed by atoms with E-state index >= 15 is 0 Å². The van der Waals surface area contributed by atoms with Crippen molar-refractivity contribution in [3.05, 3.63) is 76.2 Å². The average Bonchev–Trinajstić information content (AvgIpc) is 3.34. The number of hydrogen-bond acceptors (Lipinski definition) is 5. The third kappa shape index (κ3) is 3.63. The Hall–Kier alpha value is -3.39. The summed E-state index contributed by atoms with van der Waals surface area (Å²) in [6, 6.07) is 15.3. The lowest BCUT2D eigenvalue weighted by Gasteiger charge is -2.13. The molecule has 0 fully saturated rings. The fourth-order valence-corrected chi connectivity index (χ4v) is 4.94. The van der Waals surface area contributed by atoms with E-state index in [4.69, 9.17) is 4.98 Å². The smallest absolute Gasteiger partial charge is 0.265 e. The van der Waals surface area contributed by atoms with Crippen molar-refractivity contribution in [1.82, 2.24) is 19.3 Å². The third-order valence-electron chi connectivity index (χ3n) is 5.37. The van der Waals surface area contributed by atoms with Crippen LogP contribution in [0.1, 0.15) is 23.6 Å². The van der Waals surface area contributed by atoms with Crippen molar-refractivity contribution in [3.8, 4) is 5.69 Å². The highest BCUT2D eigenvalue weighted by atomic mass is 32.2. The van der Waals surface area contributed by atoms with Gasteiger partial charge in [-0.15, -0.1) is 0 Å². The van der Waals surface area contributed by atoms with E-state index in [0.29, 0.717) is 21.9 Å². The summed E-state index contributed by atoms with van der Waals surface area (Å²) in [6.07, 6.45) is 1.78. The van der Waals surface area contributed by atoms with Gasteiger partial charge in [0.1, 0.15) is 5.39 Å². The van der Waals surface area contributed by atoms with Gasteiger partial charge in [0.05, 0.1) is 17.9 Å². The van der Waals surface area contributed by atoms with Crippen molar-refractivity contribution in [1.29, 1.82) is 0 Å². The van der Waals surface area contributed by atoms with Gasteiger partial charge in [0.2, 0.25) is 5.91 Å². The number of aromatic nitrogens is 4. The number of nitrogens with one attached hydrogen (secondary N) is 1. The number of rotatable bonds is 4. The van der Waals surface area contributed by atoms with E-state index in [1.54, 1.807) is 15.4 Å². The Morgan fingerprint density at radius 3 is 2.74 bits per heavy atom.